The van der Waals surface area contributed by atoms with E-state index in [-0.39, 0.29) is 28.6 Å². The molecule has 0 fully saturated rings. The van der Waals surface area contributed by atoms with E-state index in [1.807, 2.05) is 0 Å². The van der Waals surface area contributed by atoms with Crippen molar-refractivity contribution >= 4 is 54.9 Å². The largest absolute Gasteiger partial charge is 0.493 e. The van der Waals surface area contributed by atoms with Crippen LogP contribution < -0.4 is 38.7 Å². The number of para-hydroxylation sites is 1. The summed E-state index contributed by atoms with van der Waals surface area (Å²) in [6.07, 6.45) is 1.40. The van der Waals surface area contributed by atoms with Crippen LogP contribution in [0.3, 0.4) is 0 Å². The van der Waals surface area contributed by atoms with Crippen molar-refractivity contribution in [3.05, 3.63) is 91.1 Å². The van der Waals surface area contributed by atoms with E-state index in [9.17, 15) is 9.59 Å². The highest BCUT2D eigenvalue weighted by Crippen LogP contribution is 2.41. The molecule has 1 heterocycles. The molecular formula is C34H29Br2N3O9. The number of esters is 1. The third-order valence-corrected chi connectivity index (χ3v) is 8.17. The van der Waals surface area contributed by atoms with Gasteiger partial charge in [-0.3, -0.25) is 4.79 Å². The number of halogens is 2. The molecule has 0 amide bonds. The Kier molecular flexibility index (Phi) is 10.5. The Morgan fingerprint density at radius 2 is 1.31 bits per heavy atom. The predicted molar refractivity (Wildman–Crippen MR) is 187 cm³/mol. The highest BCUT2D eigenvalue weighted by atomic mass is 79.9. The summed E-state index contributed by atoms with van der Waals surface area (Å²) in [5, 5.41) is 4.91. The van der Waals surface area contributed by atoms with E-state index < -0.39 is 11.5 Å². The maximum atomic E-state index is 13.9. The maximum Gasteiger partial charge on any atom is 0.343 e. The molecule has 12 nitrogen and oxygen atoms in total. The van der Waals surface area contributed by atoms with Crippen LogP contribution in [0, 0.1) is 0 Å². The van der Waals surface area contributed by atoms with E-state index in [0.717, 1.165) is 4.68 Å². The fraction of sp³-hybridized carbons (Fsp3) is 0.176. The van der Waals surface area contributed by atoms with Crippen LogP contribution in [0.4, 0.5) is 0 Å². The first-order valence-electron chi connectivity index (χ1n) is 14.1. The van der Waals surface area contributed by atoms with Gasteiger partial charge in [-0.15, -0.1) is 0 Å². The van der Waals surface area contributed by atoms with Crippen molar-refractivity contribution in [1.29, 1.82) is 0 Å². The van der Waals surface area contributed by atoms with Gasteiger partial charge in [0.1, 0.15) is 0 Å². The average Bonchev–Trinajstić information content (AvgIpc) is 3.10. The van der Waals surface area contributed by atoms with Gasteiger partial charge in [0.2, 0.25) is 11.5 Å². The number of benzene rings is 4. The molecule has 0 aliphatic heterocycles. The van der Waals surface area contributed by atoms with Gasteiger partial charge in [-0.1, -0.05) is 28.1 Å². The van der Waals surface area contributed by atoms with E-state index in [0.29, 0.717) is 54.0 Å². The molecule has 0 aliphatic rings. The van der Waals surface area contributed by atoms with Crippen LogP contribution in [-0.2, 0) is 0 Å². The maximum absolute atomic E-state index is 13.9. The molecule has 0 saturated heterocycles. The first kappa shape index (κ1) is 34.3. The van der Waals surface area contributed by atoms with E-state index in [4.69, 9.17) is 38.1 Å². The number of nitrogens with zero attached hydrogens (tertiary/aromatic N) is 3. The molecule has 0 N–H and O–H groups in total. The molecule has 0 saturated carbocycles. The van der Waals surface area contributed by atoms with E-state index >= 15 is 0 Å². The van der Waals surface area contributed by atoms with Crippen molar-refractivity contribution < 1.29 is 38.0 Å². The zero-order valence-corrected chi connectivity index (χ0v) is 29.8. The lowest BCUT2D eigenvalue weighted by molar-refractivity contribution is 0.0732. The minimum absolute atomic E-state index is 0.136. The Morgan fingerprint density at radius 3 is 1.88 bits per heavy atom. The third-order valence-electron chi connectivity index (χ3n) is 7.12. The Hall–Kier alpha value is -5.08. The average molecular weight is 783 g/mol. The van der Waals surface area contributed by atoms with Crippen LogP contribution in [0.15, 0.2) is 79.5 Å². The van der Waals surface area contributed by atoms with Crippen LogP contribution in [0.5, 0.6) is 40.2 Å². The SMILES string of the molecule is COc1cc(C(=O)Oc2c(Br)cc(Br)cc2C=Nn2c(-c3cc(OC)c(OC)c(OC)c3)nc3ccccc3c2=O)cc(OC)c1OC. The normalized spacial score (nSPS) is 11.0. The summed E-state index contributed by atoms with van der Waals surface area (Å²) in [6, 6.07) is 16.6. The molecule has 0 spiro atoms. The third kappa shape index (κ3) is 6.66. The number of fused-ring (bicyclic) bond motifs is 1. The lowest BCUT2D eigenvalue weighted by Crippen LogP contribution is -2.20. The quantitative estimate of drug-likeness (QED) is 0.0807. The molecule has 0 aliphatic carbocycles. The molecule has 0 unspecified atom stereocenters. The number of carbonyl (C=O) groups is 1. The van der Waals surface area contributed by atoms with Crippen molar-refractivity contribution in [2.75, 3.05) is 42.7 Å². The smallest absolute Gasteiger partial charge is 0.343 e. The van der Waals surface area contributed by atoms with Crippen LogP contribution in [0.2, 0.25) is 0 Å². The number of ether oxygens (including phenoxy) is 7. The summed E-state index contributed by atoms with van der Waals surface area (Å²) in [6.45, 7) is 0. The van der Waals surface area contributed by atoms with Gasteiger partial charge in [-0.25, -0.2) is 9.78 Å². The molecule has 0 radical (unpaired) electrons. The second-order valence-electron chi connectivity index (χ2n) is 9.84. The van der Waals surface area contributed by atoms with Crippen LogP contribution in [-0.4, -0.2) is 64.5 Å². The van der Waals surface area contributed by atoms with Crippen molar-refractivity contribution in [3.8, 4) is 51.6 Å². The number of methoxy groups -OCH3 is 6. The predicted octanol–water partition coefficient (Wildman–Crippen LogP) is 6.74. The Balaban J connectivity index is 1.65. The molecule has 1 aromatic heterocycles. The minimum atomic E-state index is -0.713. The van der Waals surface area contributed by atoms with E-state index in [2.05, 4.69) is 37.0 Å². The van der Waals surface area contributed by atoms with Gasteiger partial charge in [0.15, 0.2) is 34.6 Å². The first-order chi connectivity index (χ1) is 23.2. The van der Waals surface area contributed by atoms with Crippen molar-refractivity contribution in [2.24, 2.45) is 5.10 Å². The second kappa shape index (κ2) is 14.8. The van der Waals surface area contributed by atoms with Crippen molar-refractivity contribution in [1.82, 2.24) is 9.66 Å². The van der Waals surface area contributed by atoms with Gasteiger partial charge in [-0.2, -0.15) is 9.78 Å². The molecule has 4 aromatic carbocycles. The van der Waals surface area contributed by atoms with Crippen LogP contribution in [0.1, 0.15) is 15.9 Å². The summed E-state index contributed by atoms with van der Waals surface area (Å²) in [5.41, 5.74) is 0.984. The summed E-state index contributed by atoms with van der Waals surface area (Å²) >= 11 is 6.97. The van der Waals surface area contributed by atoms with Crippen molar-refractivity contribution in [2.45, 2.75) is 0 Å². The first-order valence-corrected chi connectivity index (χ1v) is 15.6. The topological polar surface area (TPSA) is 129 Å². The Bertz CT molecular complexity index is 2060. The number of hydrogen-bond donors (Lipinski definition) is 0. The van der Waals surface area contributed by atoms with Gasteiger partial charge in [0, 0.05) is 15.6 Å². The Morgan fingerprint density at radius 1 is 0.750 bits per heavy atom. The van der Waals surface area contributed by atoms with Gasteiger partial charge >= 0.3 is 5.97 Å². The number of aromatic nitrogens is 2. The fourth-order valence-corrected chi connectivity index (χ4v) is 6.22. The standard InChI is InChI=1S/C34H29Br2N3O9/c1-42-25-12-18(13-26(43-2)30(25)46-5)32-38-24-10-8-7-9-22(24)33(40)39(32)37-17-20-11-21(35)16-23(36)29(20)48-34(41)19-14-27(44-3)31(47-6)28(15-19)45-4/h7-17H,1-6H3. The zero-order chi connectivity index (χ0) is 34.5. The summed E-state index contributed by atoms with van der Waals surface area (Å²) in [5.74, 6) is 1.60. The highest BCUT2D eigenvalue weighted by molar-refractivity contribution is 9.11. The monoisotopic (exact) mass is 781 g/mol. The van der Waals surface area contributed by atoms with Gasteiger partial charge < -0.3 is 33.2 Å². The molecular weight excluding hydrogens is 754 g/mol. The molecule has 0 bridgehead atoms. The summed E-state index contributed by atoms with van der Waals surface area (Å²) in [4.78, 5) is 32.2. The lowest BCUT2D eigenvalue weighted by Gasteiger charge is -2.16. The van der Waals surface area contributed by atoms with Crippen LogP contribution >= 0.6 is 31.9 Å². The number of rotatable bonds is 11. The molecule has 48 heavy (non-hydrogen) atoms. The molecule has 0 atom stereocenters. The van der Waals surface area contributed by atoms with Crippen LogP contribution in [0.25, 0.3) is 22.3 Å². The van der Waals surface area contributed by atoms with E-state index in [1.165, 1.54) is 61.0 Å². The van der Waals surface area contributed by atoms with E-state index in [1.54, 1.807) is 48.5 Å². The Labute approximate surface area is 292 Å². The van der Waals surface area contributed by atoms with Gasteiger partial charge in [0.05, 0.1) is 69.8 Å². The summed E-state index contributed by atoms with van der Waals surface area (Å²) in [7, 11) is 8.84. The molecule has 14 heteroatoms. The molecule has 5 rings (SSSR count). The number of carbonyl (C=O) groups excluding carboxylic acids is 1. The van der Waals surface area contributed by atoms with Gasteiger partial charge in [-0.05, 0) is 64.5 Å². The second-order valence-corrected chi connectivity index (χ2v) is 11.6. The van der Waals surface area contributed by atoms with Gasteiger partial charge in [0.25, 0.3) is 5.56 Å². The lowest BCUT2D eigenvalue weighted by atomic mass is 10.1. The number of hydrogen-bond acceptors (Lipinski definition) is 11. The fourth-order valence-electron chi connectivity index (χ4n) is 4.88. The highest BCUT2D eigenvalue weighted by Gasteiger charge is 2.22. The molecule has 5 aromatic rings. The minimum Gasteiger partial charge on any atom is -0.493 e. The zero-order valence-electron chi connectivity index (χ0n) is 26.6. The van der Waals surface area contributed by atoms with Crippen molar-refractivity contribution in [3.63, 3.8) is 0 Å². The molecule has 248 valence electrons. The summed E-state index contributed by atoms with van der Waals surface area (Å²) < 4.78 is 40.8.